The molecular formula is C11H14O2. The summed E-state index contributed by atoms with van der Waals surface area (Å²) in [6.45, 7) is 0.765. The van der Waals surface area contributed by atoms with Gasteiger partial charge in [-0.3, -0.25) is 0 Å². The summed E-state index contributed by atoms with van der Waals surface area (Å²) in [5.74, 6) is 0. The fourth-order valence-corrected chi connectivity index (χ4v) is 1.30. The molecule has 1 aromatic rings. The Morgan fingerprint density at radius 1 is 1.23 bits per heavy atom. The first-order valence-corrected chi connectivity index (χ1v) is 4.63. The Bertz CT molecular complexity index is 265. The maximum absolute atomic E-state index is 9.01. The van der Waals surface area contributed by atoms with E-state index in [0.717, 1.165) is 12.8 Å². The summed E-state index contributed by atoms with van der Waals surface area (Å²) in [4.78, 5) is 0. The van der Waals surface area contributed by atoms with Crippen molar-refractivity contribution in [2.24, 2.45) is 0 Å². The normalized spacial score (nSPS) is 18.5. The Kier molecular flexibility index (Phi) is 2.34. The molecule has 2 nitrogen and oxygen atoms in total. The highest BCUT2D eigenvalue weighted by atomic mass is 16.5. The minimum Gasteiger partial charge on any atom is -0.393 e. The van der Waals surface area contributed by atoms with Crippen LogP contribution in [0, 0.1) is 0 Å². The second kappa shape index (κ2) is 3.48. The average molecular weight is 178 g/mol. The van der Waals surface area contributed by atoms with Crippen molar-refractivity contribution in [3.05, 3.63) is 35.9 Å². The Hall–Kier alpha value is -0.860. The third-order valence-corrected chi connectivity index (χ3v) is 2.48. The van der Waals surface area contributed by atoms with Gasteiger partial charge in [0, 0.05) is 0 Å². The van der Waals surface area contributed by atoms with Gasteiger partial charge in [0.05, 0.1) is 18.8 Å². The van der Waals surface area contributed by atoms with Gasteiger partial charge in [0.1, 0.15) is 0 Å². The molecular weight excluding hydrogens is 164 g/mol. The molecule has 1 N–H and O–H groups in total. The van der Waals surface area contributed by atoms with Crippen LogP contribution in [0.2, 0.25) is 0 Å². The largest absolute Gasteiger partial charge is 0.393 e. The van der Waals surface area contributed by atoms with E-state index in [9.17, 15) is 0 Å². The zero-order chi connectivity index (χ0) is 9.15. The van der Waals surface area contributed by atoms with Gasteiger partial charge in [0.2, 0.25) is 0 Å². The predicted octanol–water partition coefficient (Wildman–Crippen LogP) is 1.73. The molecule has 0 saturated heterocycles. The van der Waals surface area contributed by atoms with Crippen LogP contribution in [0.4, 0.5) is 0 Å². The smallest absolute Gasteiger partial charge is 0.0918 e. The van der Waals surface area contributed by atoms with Gasteiger partial charge in [-0.2, -0.15) is 0 Å². The van der Waals surface area contributed by atoms with E-state index in [0.29, 0.717) is 6.61 Å². The quantitative estimate of drug-likeness (QED) is 0.760. The fourth-order valence-electron chi connectivity index (χ4n) is 1.30. The Balaban J connectivity index is 1.86. The van der Waals surface area contributed by atoms with Crippen molar-refractivity contribution in [1.29, 1.82) is 0 Å². The third kappa shape index (κ3) is 2.08. The topological polar surface area (TPSA) is 29.5 Å². The molecule has 0 aromatic heterocycles. The van der Waals surface area contributed by atoms with E-state index in [4.69, 9.17) is 9.84 Å². The van der Waals surface area contributed by atoms with E-state index in [-0.39, 0.29) is 12.2 Å². The second-order valence-electron chi connectivity index (χ2n) is 3.62. The lowest BCUT2D eigenvalue weighted by atomic mass is 10.2. The van der Waals surface area contributed by atoms with Crippen LogP contribution in [0.25, 0.3) is 0 Å². The van der Waals surface area contributed by atoms with Gasteiger partial charge >= 0.3 is 0 Å². The van der Waals surface area contributed by atoms with Gasteiger partial charge < -0.3 is 9.84 Å². The van der Waals surface area contributed by atoms with Gasteiger partial charge in [0.25, 0.3) is 0 Å². The molecule has 2 heteroatoms. The van der Waals surface area contributed by atoms with Crippen molar-refractivity contribution in [1.82, 2.24) is 0 Å². The van der Waals surface area contributed by atoms with Gasteiger partial charge in [0.15, 0.2) is 0 Å². The molecule has 70 valence electrons. The summed E-state index contributed by atoms with van der Waals surface area (Å²) in [5, 5.41) is 9.01. The fraction of sp³-hybridized carbons (Fsp3) is 0.455. The van der Waals surface area contributed by atoms with Crippen molar-refractivity contribution in [2.45, 2.75) is 25.0 Å². The number of hydrogen-bond acceptors (Lipinski definition) is 2. The molecule has 0 bridgehead atoms. The highest BCUT2D eigenvalue weighted by Crippen LogP contribution is 2.39. The number of rotatable bonds is 4. The molecule has 0 radical (unpaired) electrons. The van der Waals surface area contributed by atoms with Crippen LogP contribution in [-0.2, 0) is 11.3 Å². The maximum atomic E-state index is 9.01. The number of ether oxygens (including phenoxy) is 1. The molecule has 0 aliphatic heterocycles. The molecule has 1 saturated carbocycles. The summed E-state index contributed by atoms with van der Waals surface area (Å²) in [5.41, 5.74) is 0.970. The molecule has 1 aliphatic carbocycles. The molecule has 0 atom stereocenters. The van der Waals surface area contributed by atoms with Gasteiger partial charge in [-0.1, -0.05) is 30.3 Å². The van der Waals surface area contributed by atoms with Crippen LogP contribution in [0.15, 0.2) is 30.3 Å². The molecule has 0 amide bonds. The summed E-state index contributed by atoms with van der Waals surface area (Å²) in [6, 6.07) is 10.1. The first-order chi connectivity index (χ1) is 6.35. The van der Waals surface area contributed by atoms with E-state index >= 15 is 0 Å². The van der Waals surface area contributed by atoms with Gasteiger partial charge in [-0.15, -0.1) is 0 Å². The van der Waals surface area contributed by atoms with Crippen LogP contribution in [-0.4, -0.2) is 17.3 Å². The number of hydrogen-bond donors (Lipinski definition) is 1. The van der Waals surface area contributed by atoms with E-state index in [1.807, 2.05) is 30.3 Å². The molecule has 0 unspecified atom stereocenters. The molecule has 2 rings (SSSR count). The van der Waals surface area contributed by atoms with Crippen LogP contribution in [0.3, 0.4) is 0 Å². The summed E-state index contributed by atoms with van der Waals surface area (Å²) >= 11 is 0. The zero-order valence-corrected chi connectivity index (χ0v) is 7.57. The molecule has 1 aromatic carbocycles. The van der Waals surface area contributed by atoms with Crippen LogP contribution in [0.1, 0.15) is 18.4 Å². The monoisotopic (exact) mass is 178 g/mol. The van der Waals surface area contributed by atoms with Crippen molar-refractivity contribution in [3.8, 4) is 0 Å². The van der Waals surface area contributed by atoms with Crippen molar-refractivity contribution >= 4 is 0 Å². The average Bonchev–Trinajstić information content (AvgIpc) is 2.97. The van der Waals surface area contributed by atoms with Gasteiger partial charge in [-0.05, 0) is 18.4 Å². The minimum absolute atomic E-state index is 0.153. The highest BCUT2D eigenvalue weighted by molar-refractivity contribution is 5.14. The number of benzene rings is 1. The lowest BCUT2D eigenvalue weighted by Crippen LogP contribution is -2.18. The SMILES string of the molecule is OCC1(OCc2ccccc2)CC1. The highest BCUT2D eigenvalue weighted by Gasteiger charge is 2.43. The summed E-state index contributed by atoms with van der Waals surface area (Å²) < 4.78 is 5.63. The minimum atomic E-state index is -0.199. The molecule has 13 heavy (non-hydrogen) atoms. The molecule has 0 spiro atoms. The van der Waals surface area contributed by atoms with Crippen LogP contribution in [0.5, 0.6) is 0 Å². The molecule has 0 heterocycles. The Morgan fingerprint density at radius 2 is 1.92 bits per heavy atom. The standard InChI is InChI=1S/C11H14O2/c12-9-11(6-7-11)13-8-10-4-2-1-3-5-10/h1-5,12H,6-9H2. The van der Waals surface area contributed by atoms with Gasteiger partial charge in [-0.25, -0.2) is 0 Å². The zero-order valence-electron chi connectivity index (χ0n) is 7.57. The number of aliphatic hydroxyl groups is 1. The lowest BCUT2D eigenvalue weighted by Gasteiger charge is -2.12. The second-order valence-corrected chi connectivity index (χ2v) is 3.62. The van der Waals surface area contributed by atoms with Crippen molar-refractivity contribution in [3.63, 3.8) is 0 Å². The first kappa shape index (κ1) is 8.73. The van der Waals surface area contributed by atoms with E-state index in [2.05, 4.69) is 0 Å². The lowest BCUT2D eigenvalue weighted by molar-refractivity contribution is -0.0174. The van der Waals surface area contributed by atoms with Crippen molar-refractivity contribution in [2.75, 3.05) is 6.61 Å². The molecule has 1 fully saturated rings. The predicted molar refractivity (Wildman–Crippen MR) is 50.3 cm³/mol. The Morgan fingerprint density at radius 3 is 2.46 bits per heavy atom. The first-order valence-electron chi connectivity index (χ1n) is 4.63. The van der Waals surface area contributed by atoms with E-state index < -0.39 is 0 Å². The van der Waals surface area contributed by atoms with Crippen molar-refractivity contribution < 1.29 is 9.84 Å². The summed E-state index contributed by atoms with van der Waals surface area (Å²) in [7, 11) is 0. The molecule has 1 aliphatic rings. The third-order valence-electron chi connectivity index (χ3n) is 2.48. The number of aliphatic hydroxyl groups excluding tert-OH is 1. The maximum Gasteiger partial charge on any atom is 0.0918 e. The summed E-state index contributed by atoms with van der Waals surface area (Å²) in [6.07, 6.45) is 1.99. The van der Waals surface area contributed by atoms with E-state index in [1.165, 1.54) is 5.56 Å². The van der Waals surface area contributed by atoms with E-state index in [1.54, 1.807) is 0 Å². The van der Waals surface area contributed by atoms with Crippen LogP contribution < -0.4 is 0 Å². The Labute approximate surface area is 78.2 Å². The van der Waals surface area contributed by atoms with Crippen LogP contribution >= 0.6 is 0 Å².